The predicted octanol–water partition coefficient (Wildman–Crippen LogP) is 4.76. The van der Waals surface area contributed by atoms with E-state index in [1.807, 2.05) is 0 Å². The van der Waals surface area contributed by atoms with Crippen LogP contribution in [-0.2, 0) is 15.7 Å². The molecule has 0 radical (unpaired) electrons. The van der Waals surface area contributed by atoms with Crippen molar-refractivity contribution in [2.24, 2.45) is 0 Å². The summed E-state index contributed by atoms with van der Waals surface area (Å²) in [5.74, 6) is -1.90. The van der Waals surface area contributed by atoms with Crippen molar-refractivity contribution in [2.45, 2.75) is 24.9 Å². The van der Waals surface area contributed by atoms with E-state index in [9.17, 15) is 35.9 Å². The van der Waals surface area contributed by atoms with Crippen LogP contribution >= 0.6 is 0 Å². The van der Waals surface area contributed by atoms with Crippen molar-refractivity contribution in [3.05, 3.63) is 60.2 Å². The molecule has 2 amide bonds. The first-order valence-electron chi connectivity index (χ1n) is 8.72. The number of hydrogen-bond donors (Lipinski definition) is 3. The Balaban J connectivity index is 2.40. The number of hydrogen-bond acceptors (Lipinski definition) is 4. The van der Waals surface area contributed by atoms with E-state index in [0.29, 0.717) is 24.3 Å². The van der Waals surface area contributed by atoms with Gasteiger partial charge in [0.15, 0.2) is 0 Å². The molecule has 2 aromatic carbocycles. The number of rotatable bonds is 6. The van der Waals surface area contributed by atoms with Gasteiger partial charge in [-0.1, -0.05) is 18.2 Å². The lowest BCUT2D eigenvalue weighted by Crippen LogP contribution is -2.70. The number of esters is 1. The standard InChI is InChI=1S/C19H17F6N3O3/c1-2-31-15(29)17(19(23,24)25,28-16(30)26-13-6-4-3-5-7-13)27-14-10-8-12(9-11-14)18(20,21)22/h3-11,27H,2H2,1H3,(H2,26,28,30)/t17-/m1/s1. The number of amides is 2. The van der Waals surface area contributed by atoms with Gasteiger partial charge in [0.1, 0.15) is 0 Å². The predicted molar refractivity (Wildman–Crippen MR) is 99.1 cm³/mol. The maximum absolute atomic E-state index is 14.0. The van der Waals surface area contributed by atoms with Gasteiger partial charge in [0, 0.05) is 11.4 Å². The summed E-state index contributed by atoms with van der Waals surface area (Å²) in [5, 5.41) is 5.42. The largest absolute Gasteiger partial charge is 0.463 e. The number of nitrogens with one attached hydrogen (secondary N) is 3. The van der Waals surface area contributed by atoms with Crippen molar-refractivity contribution in [1.29, 1.82) is 0 Å². The fraction of sp³-hybridized carbons (Fsp3) is 0.263. The molecule has 0 aliphatic heterocycles. The Morgan fingerprint density at radius 3 is 1.94 bits per heavy atom. The molecule has 6 nitrogen and oxygen atoms in total. The lowest BCUT2D eigenvalue weighted by atomic mass is 10.1. The highest BCUT2D eigenvalue weighted by Crippen LogP contribution is 2.35. The summed E-state index contributed by atoms with van der Waals surface area (Å²) in [6.07, 6.45) is -10.1. The van der Waals surface area contributed by atoms with Crippen LogP contribution in [0.5, 0.6) is 0 Å². The highest BCUT2D eigenvalue weighted by atomic mass is 19.4. The van der Waals surface area contributed by atoms with Gasteiger partial charge in [-0.15, -0.1) is 0 Å². The van der Waals surface area contributed by atoms with Gasteiger partial charge < -0.3 is 15.4 Å². The topological polar surface area (TPSA) is 79.5 Å². The lowest BCUT2D eigenvalue weighted by molar-refractivity contribution is -0.204. The number of benzene rings is 2. The van der Waals surface area contributed by atoms with Gasteiger partial charge in [-0.2, -0.15) is 26.3 Å². The van der Waals surface area contributed by atoms with Gasteiger partial charge in [0.2, 0.25) is 0 Å². The molecule has 0 saturated carbocycles. The molecule has 168 valence electrons. The Labute approximate surface area is 172 Å². The van der Waals surface area contributed by atoms with E-state index >= 15 is 0 Å². The number of ether oxygens (including phenoxy) is 1. The highest BCUT2D eigenvalue weighted by molar-refractivity contribution is 5.96. The third kappa shape index (κ3) is 5.80. The molecule has 0 aliphatic rings. The molecule has 0 saturated heterocycles. The van der Waals surface area contributed by atoms with Crippen molar-refractivity contribution < 1.29 is 40.7 Å². The van der Waals surface area contributed by atoms with E-state index in [1.54, 1.807) is 11.4 Å². The summed E-state index contributed by atoms with van der Waals surface area (Å²) in [4.78, 5) is 24.5. The molecule has 0 aromatic heterocycles. The first-order chi connectivity index (χ1) is 14.4. The van der Waals surface area contributed by atoms with Crippen LogP contribution in [0, 0.1) is 0 Å². The summed E-state index contributed by atoms with van der Waals surface area (Å²) < 4.78 is 84.7. The van der Waals surface area contributed by atoms with E-state index < -0.39 is 47.9 Å². The zero-order valence-corrected chi connectivity index (χ0v) is 15.9. The van der Waals surface area contributed by atoms with Gasteiger partial charge in [-0.05, 0) is 43.3 Å². The van der Waals surface area contributed by atoms with Crippen LogP contribution < -0.4 is 16.0 Å². The van der Waals surface area contributed by atoms with E-state index in [2.05, 4.69) is 10.1 Å². The quantitative estimate of drug-likeness (QED) is 0.338. The highest BCUT2D eigenvalue weighted by Gasteiger charge is 2.63. The van der Waals surface area contributed by atoms with Gasteiger partial charge in [0.05, 0.1) is 12.2 Å². The van der Waals surface area contributed by atoms with Gasteiger partial charge in [-0.3, -0.25) is 5.32 Å². The molecular weight excluding hydrogens is 432 g/mol. The summed E-state index contributed by atoms with van der Waals surface area (Å²) >= 11 is 0. The van der Waals surface area contributed by atoms with E-state index in [0.717, 1.165) is 0 Å². The number of halogens is 6. The molecule has 2 rings (SSSR count). The molecule has 1 atom stereocenters. The average Bonchev–Trinajstić information content (AvgIpc) is 2.67. The fourth-order valence-electron chi connectivity index (χ4n) is 2.44. The van der Waals surface area contributed by atoms with Crippen molar-refractivity contribution in [1.82, 2.24) is 5.32 Å². The number of carbonyl (C=O) groups is 2. The monoisotopic (exact) mass is 449 g/mol. The zero-order valence-electron chi connectivity index (χ0n) is 15.9. The van der Waals surface area contributed by atoms with Gasteiger partial charge in [0.25, 0.3) is 0 Å². The summed E-state index contributed by atoms with van der Waals surface area (Å²) in [6.45, 7) is 0.800. The van der Waals surface area contributed by atoms with Crippen molar-refractivity contribution >= 4 is 23.4 Å². The first-order valence-corrected chi connectivity index (χ1v) is 8.72. The second-order valence-electron chi connectivity index (χ2n) is 6.11. The molecule has 12 heteroatoms. The maximum atomic E-state index is 14.0. The molecule has 0 bridgehead atoms. The van der Waals surface area contributed by atoms with Crippen LogP contribution in [0.3, 0.4) is 0 Å². The minimum Gasteiger partial charge on any atom is -0.463 e. The molecule has 0 unspecified atom stereocenters. The van der Waals surface area contributed by atoms with E-state index in [4.69, 9.17) is 0 Å². The SMILES string of the molecule is CCOC(=O)[C@](NC(=O)Nc1ccccc1)(Nc1ccc(C(F)(F)F)cc1)C(F)(F)F. The molecule has 2 aromatic rings. The van der Waals surface area contributed by atoms with Crippen LogP contribution in [0.1, 0.15) is 12.5 Å². The van der Waals surface area contributed by atoms with Crippen LogP contribution in [0.25, 0.3) is 0 Å². The van der Waals surface area contributed by atoms with Gasteiger partial charge >= 0.3 is 30.0 Å². The summed E-state index contributed by atoms with van der Waals surface area (Å²) in [5.41, 5.74) is -5.27. The Hall–Kier alpha value is -3.44. The smallest absolute Gasteiger partial charge is 0.441 e. The van der Waals surface area contributed by atoms with E-state index in [-0.39, 0.29) is 5.69 Å². The zero-order chi connectivity index (χ0) is 23.3. The molecule has 0 spiro atoms. The Morgan fingerprint density at radius 1 is 0.871 bits per heavy atom. The second kappa shape index (κ2) is 9.14. The minimum atomic E-state index is -5.43. The molecule has 0 heterocycles. The fourth-order valence-corrected chi connectivity index (χ4v) is 2.44. The number of carbonyl (C=O) groups excluding carboxylic acids is 2. The third-order valence-electron chi connectivity index (χ3n) is 3.88. The molecule has 0 aliphatic carbocycles. The number of urea groups is 1. The number of anilines is 2. The number of alkyl halides is 6. The Morgan fingerprint density at radius 2 is 1.45 bits per heavy atom. The summed E-state index contributed by atoms with van der Waals surface area (Å²) in [6, 6.07) is 8.45. The lowest BCUT2D eigenvalue weighted by Gasteiger charge is -2.35. The molecule has 0 fully saturated rings. The molecular formula is C19H17F6N3O3. The van der Waals surface area contributed by atoms with E-state index in [1.165, 1.54) is 36.5 Å². The van der Waals surface area contributed by atoms with Crippen molar-refractivity contribution in [3.8, 4) is 0 Å². The minimum absolute atomic E-state index is 0.134. The first kappa shape index (κ1) is 23.8. The Bertz CT molecular complexity index is 901. The van der Waals surface area contributed by atoms with Gasteiger partial charge in [-0.25, -0.2) is 9.59 Å². The van der Waals surface area contributed by atoms with Crippen LogP contribution in [0.2, 0.25) is 0 Å². The molecule has 3 N–H and O–H groups in total. The van der Waals surface area contributed by atoms with Crippen LogP contribution in [-0.4, -0.2) is 30.4 Å². The normalized spacial score (nSPS) is 13.6. The van der Waals surface area contributed by atoms with Crippen molar-refractivity contribution in [3.63, 3.8) is 0 Å². The molecule has 31 heavy (non-hydrogen) atoms. The number of para-hydroxylation sites is 1. The van der Waals surface area contributed by atoms with Crippen LogP contribution in [0.4, 0.5) is 42.5 Å². The summed E-state index contributed by atoms with van der Waals surface area (Å²) in [7, 11) is 0. The second-order valence-corrected chi connectivity index (χ2v) is 6.11. The third-order valence-corrected chi connectivity index (χ3v) is 3.88. The Kier molecular flexibility index (Phi) is 7.03. The average molecular weight is 449 g/mol. The maximum Gasteiger partial charge on any atom is 0.441 e. The van der Waals surface area contributed by atoms with Crippen molar-refractivity contribution in [2.75, 3.05) is 17.2 Å². The van der Waals surface area contributed by atoms with Crippen LogP contribution in [0.15, 0.2) is 54.6 Å².